The lowest BCUT2D eigenvalue weighted by molar-refractivity contribution is -0.113. The maximum atomic E-state index is 13.7. The number of alkyl halides is 1. The van der Waals surface area contributed by atoms with Crippen molar-refractivity contribution in [3.8, 4) is 6.07 Å². The number of amides is 1. The highest BCUT2D eigenvalue weighted by Crippen LogP contribution is 2.64. The third-order valence-electron chi connectivity index (χ3n) is 9.04. The van der Waals surface area contributed by atoms with Crippen molar-refractivity contribution in [1.82, 2.24) is 4.90 Å². The molecule has 4 unspecified atom stereocenters. The van der Waals surface area contributed by atoms with Gasteiger partial charge in [-0.15, -0.1) is 0 Å². The summed E-state index contributed by atoms with van der Waals surface area (Å²) < 4.78 is 40.7. The number of benzene rings is 2. The molecule has 2 saturated carbocycles. The molecule has 0 radical (unpaired) electrons. The van der Waals surface area contributed by atoms with E-state index in [1.807, 2.05) is 18.2 Å². The lowest BCUT2D eigenvalue weighted by Gasteiger charge is -2.35. The normalized spacial score (nSPS) is 27.3. The number of anilines is 1. The van der Waals surface area contributed by atoms with Crippen LogP contribution < -0.4 is 5.32 Å². The van der Waals surface area contributed by atoms with Crippen LogP contribution in [0.3, 0.4) is 0 Å². The van der Waals surface area contributed by atoms with Gasteiger partial charge in [-0.1, -0.05) is 18.7 Å². The van der Waals surface area contributed by atoms with E-state index in [1.54, 1.807) is 0 Å². The van der Waals surface area contributed by atoms with Crippen molar-refractivity contribution in [1.29, 1.82) is 5.26 Å². The second-order valence-electron chi connectivity index (χ2n) is 11.3. The molecular weight excluding hydrogens is 487 g/mol. The lowest BCUT2D eigenvalue weighted by Crippen LogP contribution is -2.31. The summed E-state index contributed by atoms with van der Waals surface area (Å²) in [6, 6.07) is 13.5. The van der Waals surface area contributed by atoms with Crippen molar-refractivity contribution < 1.29 is 18.0 Å². The molecule has 5 rings (SSSR count). The molecule has 1 heterocycles. The monoisotopic (exact) mass is 521 g/mol. The number of fused-ring (bicyclic) bond motifs is 1. The van der Waals surface area contributed by atoms with Crippen molar-refractivity contribution in [2.24, 2.45) is 17.8 Å². The number of carbonyl (C=O) groups excluding carboxylic acids is 1. The van der Waals surface area contributed by atoms with E-state index < -0.39 is 17.8 Å². The minimum Gasteiger partial charge on any atom is -0.322 e. The van der Waals surface area contributed by atoms with Crippen LogP contribution in [0.2, 0.25) is 0 Å². The maximum Gasteiger partial charge on any atom is 0.251 e. The first-order chi connectivity index (χ1) is 18.3. The van der Waals surface area contributed by atoms with Crippen molar-refractivity contribution in [3.63, 3.8) is 0 Å². The lowest BCUT2D eigenvalue weighted by atomic mass is 9.70. The second-order valence-corrected chi connectivity index (χ2v) is 11.3. The minimum atomic E-state index is -1.01. The smallest absolute Gasteiger partial charge is 0.251 e. The Labute approximate surface area is 222 Å². The van der Waals surface area contributed by atoms with Gasteiger partial charge in [-0.25, -0.2) is 13.2 Å². The molecular formula is C31H34F3N3O. The number of nitriles is 1. The van der Waals surface area contributed by atoms with Crippen LogP contribution in [0.1, 0.15) is 56.1 Å². The molecule has 3 aliphatic rings. The molecule has 1 N–H and O–H groups in total. The molecule has 0 bridgehead atoms. The molecule has 2 aromatic carbocycles. The highest BCUT2D eigenvalue weighted by molar-refractivity contribution is 6.03. The van der Waals surface area contributed by atoms with Gasteiger partial charge in [-0.05, 0) is 104 Å². The molecule has 38 heavy (non-hydrogen) atoms. The van der Waals surface area contributed by atoms with E-state index in [1.165, 1.54) is 11.6 Å². The third kappa shape index (κ3) is 5.51. The number of hydrogen-bond acceptors (Lipinski definition) is 3. The minimum absolute atomic E-state index is 0.0480. The summed E-state index contributed by atoms with van der Waals surface area (Å²) in [5, 5.41) is 12.0. The summed E-state index contributed by atoms with van der Waals surface area (Å²) >= 11 is 0. The molecule has 1 saturated heterocycles. The first kappa shape index (κ1) is 26.5. The fourth-order valence-electron chi connectivity index (χ4n) is 6.86. The summed E-state index contributed by atoms with van der Waals surface area (Å²) in [4.78, 5) is 15.3. The SMILES string of the molecule is C=C(C(=O)Nc1ccc(F)c(F)c1)C(CCCN1CCC(F)C1)[C@@H]1CCC2(c3cccc(C#N)c3)CC2C1. The molecule has 4 nitrogen and oxygen atoms in total. The fourth-order valence-corrected chi connectivity index (χ4v) is 6.86. The number of hydrogen-bond donors (Lipinski definition) is 1. The van der Waals surface area contributed by atoms with Gasteiger partial charge in [0.25, 0.3) is 5.91 Å². The summed E-state index contributed by atoms with van der Waals surface area (Å²) in [5.41, 5.74) is 2.70. The van der Waals surface area contributed by atoms with Gasteiger partial charge >= 0.3 is 0 Å². The summed E-state index contributed by atoms with van der Waals surface area (Å²) in [7, 11) is 0. The molecule has 1 aliphatic heterocycles. The number of halogens is 3. The Bertz CT molecular complexity index is 1260. The largest absolute Gasteiger partial charge is 0.322 e. The van der Waals surface area contributed by atoms with E-state index >= 15 is 0 Å². The van der Waals surface area contributed by atoms with Crippen LogP contribution in [0.5, 0.6) is 0 Å². The van der Waals surface area contributed by atoms with Gasteiger partial charge in [0.2, 0.25) is 0 Å². The van der Waals surface area contributed by atoms with Crippen molar-refractivity contribution in [3.05, 3.63) is 77.4 Å². The van der Waals surface area contributed by atoms with Gasteiger partial charge in [0.15, 0.2) is 11.6 Å². The molecule has 1 amide bonds. The Balaban J connectivity index is 1.27. The van der Waals surface area contributed by atoms with Gasteiger partial charge < -0.3 is 10.2 Å². The Hall–Kier alpha value is -3.11. The van der Waals surface area contributed by atoms with Gasteiger partial charge in [0.05, 0.1) is 11.6 Å². The van der Waals surface area contributed by atoms with E-state index in [0.29, 0.717) is 30.0 Å². The van der Waals surface area contributed by atoms with E-state index in [4.69, 9.17) is 0 Å². The van der Waals surface area contributed by atoms with Crippen LogP contribution in [-0.4, -0.2) is 36.6 Å². The predicted octanol–water partition coefficient (Wildman–Crippen LogP) is 6.53. The number of likely N-dealkylation sites (tertiary alicyclic amines) is 1. The maximum absolute atomic E-state index is 13.7. The topological polar surface area (TPSA) is 56.1 Å². The Morgan fingerprint density at radius 2 is 2.05 bits per heavy atom. The fraction of sp³-hybridized carbons (Fsp3) is 0.484. The quantitative estimate of drug-likeness (QED) is 0.382. The van der Waals surface area contributed by atoms with Crippen LogP contribution in [0.25, 0.3) is 0 Å². The van der Waals surface area contributed by atoms with Crippen LogP contribution >= 0.6 is 0 Å². The van der Waals surface area contributed by atoms with Gasteiger partial charge in [0.1, 0.15) is 6.17 Å². The summed E-state index contributed by atoms with van der Waals surface area (Å²) in [6.45, 7) is 6.20. The van der Waals surface area contributed by atoms with Crippen LogP contribution in [0.4, 0.5) is 18.9 Å². The Morgan fingerprint density at radius 3 is 2.76 bits per heavy atom. The molecule has 2 aromatic rings. The molecule has 2 aliphatic carbocycles. The highest BCUT2D eigenvalue weighted by Gasteiger charge is 2.58. The first-order valence-corrected chi connectivity index (χ1v) is 13.6. The Morgan fingerprint density at radius 1 is 1.21 bits per heavy atom. The van der Waals surface area contributed by atoms with Gasteiger partial charge in [-0.2, -0.15) is 5.26 Å². The van der Waals surface area contributed by atoms with E-state index in [-0.39, 0.29) is 28.8 Å². The molecule has 5 atom stereocenters. The predicted molar refractivity (Wildman–Crippen MR) is 141 cm³/mol. The van der Waals surface area contributed by atoms with Crippen molar-refractivity contribution >= 4 is 11.6 Å². The number of nitrogens with zero attached hydrogens (tertiary/aromatic N) is 2. The van der Waals surface area contributed by atoms with E-state index in [9.17, 15) is 23.2 Å². The molecule has 0 aromatic heterocycles. The van der Waals surface area contributed by atoms with E-state index in [2.05, 4.69) is 28.9 Å². The number of rotatable bonds is 9. The first-order valence-electron chi connectivity index (χ1n) is 13.6. The molecule has 0 spiro atoms. The highest BCUT2D eigenvalue weighted by atomic mass is 19.2. The zero-order valence-electron chi connectivity index (χ0n) is 21.6. The Kier molecular flexibility index (Phi) is 7.63. The number of nitrogens with one attached hydrogen (secondary N) is 1. The molecule has 200 valence electrons. The van der Waals surface area contributed by atoms with Crippen LogP contribution in [0.15, 0.2) is 54.6 Å². The molecule has 3 fully saturated rings. The molecule has 7 heteroatoms. The summed E-state index contributed by atoms with van der Waals surface area (Å²) in [5.74, 6) is -1.61. The van der Waals surface area contributed by atoms with Crippen molar-refractivity contribution in [2.45, 2.75) is 56.5 Å². The van der Waals surface area contributed by atoms with Gasteiger partial charge in [-0.3, -0.25) is 4.79 Å². The second kappa shape index (κ2) is 10.9. The van der Waals surface area contributed by atoms with Crippen LogP contribution in [-0.2, 0) is 10.2 Å². The zero-order valence-corrected chi connectivity index (χ0v) is 21.6. The standard InChI is InChI=1S/C31H34F3N3O/c1-20(30(38)36-26-7-8-28(33)29(34)16-26)27(6-3-12-37-13-10-25(32)19-37)22-9-11-31(17-24(31)15-22)23-5-2-4-21(14-23)18-35/h2,4-5,7-8,14,16,22,24-25,27H,1,3,6,9-13,15,17,19H2,(H,36,38)/t22-,24?,25?,27?,31?/m1/s1. The van der Waals surface area contributed by atoms with E-state index in [0.717, 1.165) is 63.7 Å². The van der Waals surface area contributed by atoms with Gasteiger partial charge in [0, 0.05) is 30.4 Å². The third-order valence-corrected chi connectivity index (χ3v) is 9.04. The average Bonchev–Trinajstić information content (AvgIpc) is 3.53. The number of carbonyl (C=O) groups is 1. The summed E-state index contributed by atoms with van der Waals surface area (Å²) in [6.07, 6.45) is 5.44. The van der Waals surface area contributed by atoms with Crippen LogP contribution in [0, 0.1) is 40.7 Å². The zero-order chi connectivity index (χ0) is 26.9. The van der Waals surface area contributed by atoms with Crippen molar-refractivity contribution in [2.75, 3.05) is 25.0 Å². The average molecular weight is 522 g/mol.